The minimum absolute atomic E-state index is 0.326. The van der Waals surface area contributed by atoms with E-state index in [9.17, 15) is 0 Å². The van der Waals surface area contributed by atoms with Crippen LogP contribution in [0.2, 0.25) is 0 Å². The van der Waals surface area contributed by atoms with Crippen molar-refractivity contribution in [3.8, 4) is 0 Å². The predicted molar refractivity (Wildman–Crippen MR) is 73.2 cm³/mol. The number of rotatable bonds is 5. The van der Waals surface area contributed by atoms with E-state index in [4.69, 9.17) is 4.74 Å². The summed E-state index contributed by atoms with van der Waals surface area (Å²) in [5, 5.41) is 3.16. The first-order valence-corrected chi connectivity index (χ1v) is 6.59. The summed E-state index contributed by atoms with van der Waals surface area (Å²) in [7, 11) is 3.69. The zero-order chi connectivity index (χ0) is 13.0. The lowest BCUT2D eigenvalue weighted by molar-refractivity contribution is 0.121. The van der Waals surface area contributed by atoms with Crippen molar-refractivity contribution in [1.82, 2.24) is 9.97 Å². The van der Waals surface area contributed by atoms with Crippen LogP contribution in [0.1, 0.15) is 25.3 Å². The Hall–Kier alpha value is -1.36. The fourth-order valence-electron chi connectivity index (χ4n) is 2.48. The van der Waals surface area contributed by atoms with Crippen molar-refractivity contribution in [3.63, 3.8) is 0 Å². The fraction of sp³-hybridized carbons (Fsp3) is 0.692. The van der Waals surface area contributed by atoms with E-state index in [1.165, 1.54) is 5.56 Å². The number of nitrogens with zero attached hydrogens (tertiary/aromatic N) is 3. The maximum atomic E-state index is 5.42. The minimum Gasteiger partial charge on any atom is -0.380 e. The maximum absolute atomic E-state index is 5.42. The summed E-state index contributed by atoms with van der Waals surface area (Å²) in [6, 6.07) is 0. The molecule has 1 aliphatic rings. The molecule has 0 radical (unpaired) electrons. The highest BCUT2D eigenvalue weighted by atomic mass is 16.5. The van der Waals surface area contributed by atoms with Crippen LogP contribution in [-0.2, 0) is 11.2 Å². The van der Waals surface area contributed by atoms with Gasteiger partial charge in [-0.25, -0.2) is 9.97 Å². The Morgan fingerprint density at radius 1 is 1.50 bits per heavy atom. The molecule has 1 unspecified atom stereocenters. The van der Waals surface area contributed by atoms with Crippen molar-refractivity contribution < 1.29 is 4.74 Å². The highest BCUT2D eigenvalue weighted by Gasteiger charge is 2.25. The van der Waals surface area contributed by atoms with Crippen LogP contribution in [0.5, 0.6) is 0 Å². The monoisotopic (exact) mass is 250 g/mol. The van der Waals surface area contributed by atoms with E-state index < -0.39 is 0 Å². The van der Waals surface area contributed by atoms with Crippen LogP contribution >= 0.6 is 0 Å². The van der Waals surface area contributed by atoms with E-state index in [-0.39, 0.29) is 0 Å². The van der Waals surface area contributed by atoms with Crippen molar-refractivity contribution >= 4 is 11.6 Å². The van der Waals surface area contributed by atoms with Gasteiger partial charge in [-0.3, -0.25) is 0 Å². The Bertz CT molecular complexity index is 397. The molecule has 1 saturated heterocycles. The molecule has 18 heavy (non-hydrogen) atoms. The first-order valence-electron chi connectivity index (χ1n) is 6.59. The molecule has 1 aliphatic heterocycles. The third kappa shape index (κ3) is 2.56. The third-order valence-electron chi connectivity index (χ3n) is 3.44. The van der Waals surface area contributed by atoms with Gasteiger partial charge in [0, 0.05) is 32.8 Å². The number of anilines is 2. The van der Waals surface area contributed by atoms with Crippen molar-refractivity contribution in [1.29, 1.82) is 0 Å². The molecule has 1 N–H and O–H groups in total. The van der Waals surface area contributed by atoms with Crippen molar-refractivity contribution in [2.24, 2.45) is 0 Å². The van der Waals surface area contributed by atoms with Gasteiger partial charge in [0.2, 0.25) is 0 Å². The summed E-state index contributed by atoms with van der Waals surface area (Å²) in [4.78, 5) is 11.1. The molecule has 0 amide bonds. The van der Waals surface area contributed by atoms with Crippen molar-refractivity contribution in [3.05, 3.63) is 11.9 Å². The van der Waals surface area contributed by atoms with Crippen molar-refractivity contribution in [2.45, 2.75) is 32.3 Å². The highest BCUT2D eigenvalue weighted by molar-refractivity contribution is 5.59. The number of methoxy groups -OCH3 is 1. The molecule has 1 fully saturated rings. The normalized spacial score (nSPS) is 19.3. The van der Waals surface area contributed by atoms with Gasteiger partial charge < -0.3 is 15.0 Å². The smallest absolute Gasteiger partial charge is 0.137 e. The lowest BCUT2D eigenvalue weighted by Gasteiger charge is -2.21. The Labute approximate surface area is 109 Å². The average molecular weight is 250 g/mol. The Morgan fingerprint density at radius 3 is 2.94 bits per heavy atom. The number of nitrogens with one attached hydrogen (secondary N) is 1. The van der Waals surface area contributed by atoms with E-state index in [2.05, 4.69) is 27.1 Å². The lowest BCUT2D eigenvalue weighted by atomic mass is 10.1. The molecule has 0 aliphatic carbocycles. The Kier molecular flexibility index (Phi) is 4.36. The van der Waals surface area contributed by atoms with Crippen LogP contribution in [0.4, 0.5) is 11.6 Å². The van der Waals surface area contributed by atoms with Crippen LogP contribution in [0.3, 0.4) is 0 Å². The molecule has 1 aromatic heterocycles. The largest absolute Gasteiger partial charge is 0.380 e. The quantitative estimate of drug-likeness (QED) is 0.862. The van der Waals surface area contributed by atoms with E-state index in [1.807, 2.05) is 7.05 Å². The van der Waals surface area contributed by atoms with E-state index in [0.29, 0.717) is 6.10 Å². The zero-order valence-electron chi connectivity index (χ0n) is 11.4. The molecule has 2 rings (SSSR count). The molecular weight excluding hydrogens is 228 g/mol. The van der Waals surface area contributed by atoms with Crippen LogP contribution in [0.15, 0.2) is 6.33 Å². The second-order valence-corrected chi connectivity index (χ2v) is 4.62. The van der Waals surface area contributed by atoms with Crippen LogP contribution < -0.4 is 10.2 Å². The summed E-state index contributed by atoms with van der Waals surface area (Å²) in [6.45, 7) is 4.11. The SMILES string of the molecule is CCCc1c(NC)ncnc1N1CCC(OC)C1. The van der Waals surface area contributed by atoms with Crippen LogP contribution in [0.25, 0.3) is 0 Å². The van der Waals surface area contributed by atoms with E-state index >= 15 is 0 Å². The van der Waals surface area contributed by atoms with Gasteiger partial charge in [-0.05, 0) is 12.8 Å². The zero-order valence-corrected chi connectivity index (χ0v) is 11.4. The van der Waals surface area contributed by atoms with Crippen LogP contribution in [-0.4, -0.2) is 43.3 Å². The van der Waals surface area contributed by atoms with E-state index in [1.54, 1.807) is 13.4 Å². The highest BCUT2D eigenvalue weighted by Crippen LogP contribution is 2.27. The van der Waals surface area contributed by atoms with Crippen LogP contribution in [0, 0.1) is 0 Å². The Balaban J connectivity index is 2.26. The number of ether oxygens (including phenoxy) is 1. The average Bonchev–Trinajstić information content (AvgIpc) is 2.88. The molecule has 5 nitrogen and oxygen atoms in total. The molecule has 0 aromatic carbocycles. The number of hydrogen-bond donors (Lipinski definition) is 1. The van der Waals surface area contributed by atoms with Gasteiger partial charge in [0.05, 0.1) is 6.10 Å². The van der Waals surface area contributed by atoms with Gasteiger partial charge in [-0.15, -0.1) is 0 Å². The van der Waals surface area contributed by atoms with E-state index in [0.717, 1.165) is 44.0 Å². The Morgan fingerprint density at radius 2 is 2.33 bits per heavy atom. The van der Waals surface area contributed by atoms with Gasteiger partial charge in [-0.1, -0.05) is 13.3 Å². The van der Waals surface area contributed by atoms with Gasteiger partial charge in [-0.2, -0.15) is 0 Å². The van der Waals surface area contributed by atoms with Gasteiger partial charge in [0.25, 0.3) is 0 Å². The summed E-state index contributed by atoms with van der Waals surface area (Å²) < 4.78 is 5.42. The summed E-state index contributed by atoms with van der Waals surface area (Å²) in [5.41, 5.74) is 1.22. The standard InChI is InChI=1S/C13H22N4O/c1-4-5-11-12(14-2)15-9-16-13(11)17-7-6-10(8-17)18-3/h9-10H,4-8H2,1-3H3,(H,14,15,16). The molecule has 100 valence electrons. The molecule has 0 saturated carbocycles. The molecule has 2 heterocycles. The lowest BCUT2D eigenvalue weighted by Crippen LogP contribution is -2.25. The first kappa shape index (κ1) is 13.1. The number of aromatic nitrogens is 2. The summed E-state index contributed by atoms with van der Waals surface area (Å²) in [5.74, 6) is 2.01. The summed E-state index contributed by atoms with van der Waals surface area (Å²) in [6.07, 6.45) is 5.13. The molecular formula is C13H22N4O. The third-order valence-corrected chi connectivity index (χ3v) is 3.44. The molecule has 1 atom stereocenters. The first-order chi connectivity index (χ1) is 8.80. The molecule has 0 spiro atoms. The fourth-order valence-corrected chi connectivity index (χ4v) is 2.48. The second kappa shape index (κ2) is 6.00. The molecule has 0 bridgehead atoms. The van der Waals surface area contributed by atoms with Gasteiger partial charge in [0.15, 0.2) is 0 Å². The topological polar surface area (TPSA) is 50.3 Å². The van der Waals surface area contributed by atoms with Gasteiger partial charge >= 0.3 is 0 Å². The minimum atomic E-state index is 0.326. The molecule has 1 aromatic rings. The molecule has 5 heteroatoms. The summed E-state index contributed by atoms with van der Waals surface area (Å²) >= 11 is 0. The van der Waals surface area contributed by atoms with Gasteiger partial charge in [0.1, 0.15) is 18.0 Å². The predicted octanol–water partition coefficient (Wildman–Crippen LogP) is 1.70. The number of hydrogen-bond acceptors (Lipinski definition) is 5. The van der Waals surface area contributed by atoms with Crippen molar-refractivity contribution in [2.75, 3.05) is 37.5 Å². The second-order valence-electron chi connectivity index (χ2n) is 4.62. The maximum Gasteiger partial charge on any atom is 0.137 e.